The molecule has 0 saturated heterocycles. The lowest BCUT2D eigenvalue weighted by Gasteiger charge is -2.16. The maximum Gasteiger partial charge on any atom is 0.262 e. The third-order valence-corrected chi connectivity index (χ3v) is 8.13. The number of aromatic nitrogens is 1. The van der Waals surface area contributed by atoms with Gasteiger partial charge in [0, 0.05) is 12.5 Å². The van der Waals surface area contributed by atoms with Gasteiger partial charge >= 0.3 is 0 Å². The summed E-state index contributed by atoms with van der Waals surface area (Å²) in [7, 11) is 1.62. The Hall–Kier alpha value is -3.06. The quantitative estimate of drug-likeness (QED) is 0.101. The summed E-state index contributed by atoms with van der Waals surface area (Å²) in [6, 6.07) is 13.4. The highest BCUT2D eigenvalue weighted by molar-refractivity contribution is 7.07. The number of methoxy groups -OCH3 is 1. The van der Waals surface area contributed by atoms with Crippen molar-refractivity contribution in [3.05, 3.63) is 64.6 Å². The van der Waals surface area contributed by atoms with E-state index in [9.17, 15) is 4.79 Å². The van der Waals surface area contributed by atoms with Crippen molar-refractivity contribution in [2.45, 2.75) is 97.4 Å². The van der Waals surface area contributed by atoms with Crippen LogP contribution in [0.3, 0.4) is 0 Å². The summed E-state index contributed by atoms with van der Waals surface area (Å²) in [4.78, 5) is 12.8. The molecule has 3 rings (SSSR count). The lowest BCUT2D eigenvalue weighted by molar-refractivity contribution is -0.689. The first-order valence-corrected chi connectivity index (χ1v) is 16.3. The first-order chi connectivity index (χ1) is 20.1. The molecule has 41 heavy (non-hydrogen) atoms. The third-order valence-electron chi connectivity index (χ3n) is 7.28. The summed E-state index contributed by atoms with van der Waals surface area (Å²) in [6.07, 6.45) is 15.6. The van der Waals surface area contributed by atoms with Crippen molar-refractivity contribution in [1.29, 1.82) is 0 Å². The lowest BCUT2D eigenvalue weighted by Crippen LogP contribution is -2.35. The number of benzene rings is 2. The average molecular weight is 582 g/mol. The molecule has 0 bridgehead atoms. The average Bonchev–Trinajstić information content (AvgIpc) is 3.39. The number of nitrogens with zero attached hydrogens (tertiary/aromatic N) is 1. The number of amides is 1. The molecule has 1 N–H and O–H groups in total. The van der Waals surface area contributed by atoms with Gasteiger partial charge < -0.3 is 19.5 Å². The van der Waals surface area contributed by atoms with Gasteiger partial charge in [0.05, 0.1) is 24.8 Å². The maximum absolute atomic E-state index is 12.8. The van der Waals surface area contributed by atoms with Crippen molar-refractivity contribution in [2.75, 3.05) is 25.6 Å². The van der Waals surface area contributed by atoms with E-state index >= 15 is 0 Å². The van der Waals surface area contributed by atoms with Gasteiger partial charge in [-0.1, -0.05) is 113 Å². The molecule has 6 nitrogen and oxygen atoms in total. The number of carbonyl (C=O) groups excluding carboxylic acids is 1. The number of ether oxygens (including phenoxy) is 3. The summed E-state index contributed by atoms with van der Waals surface area (Å²) in [6.45, 7) is 5.51. The molecule has 0 radical (unpaired) electrons. The maximum atomic E-state index is 12.8. The number of thiazole rings is 1. The Morgan fingerprint density at radius 3 is 2.15 bits per heavy atom. The number of rotatable bonds is 21. The molecule has 0 fully saturated rings. The summed E-state index contributed by atoms with van der Waals surface area (Å²) in [5.41, 5.74) is 5.10. The van der Waals surface area contributed by atoms with Gasteiger partial charge in [0.25, 0.3) is 5.91 Å². The van der Waals surface area contributed by atoms with E-state index in [-0.39, 0.29) is 12.5 Å². The topological polar surface area (TPSA) is 60.7 Å². The fourth-order valence-corrected chi connectivity index (χ4v) is 5.62. The van der Waals surface area contributed by atoms with E-state index in [0.717, 1.165) is 24.1 Å². The van der Waals surface area contributed by atoms with Gasteiger partial charge in [-0.25, -0.2) is 0 Å². The second kappa shape index (κ2) is 19.1. The number of aryl methyl sites for hydroxylation is 1. The molecule has 3 aromatic rings. The number of anilines is 1. The predicted octanol–water partition coefficient (Wildman–Crippen LogP) is 8.50. The Balaban J connectivity index is 1.40. The molecule has 1 amide bonds. The zero-order chi connectivity index (χ0) is 29.1. The predicted molar refractivity (Wildman–Crippen MR) is 168 cm³/mol. The molecule has 7 heteroatoms. The number of hydrogen-bond donors (Lipinski definition) is 1. The highest BCUT2D eigenvalue weighted by atomic mass is 32.1. The first kappa shape index (κ1) is 32.5. The molecular weight excluding hydrogens is 532 g/mol. The smallest absolute Gasteiger partial charge is 0.262 e. The molecule has 0 atom stereocenters. The highest BCUT2D eigenvalue weighted by Gasteiger charge is 2.16. The van der Waals surface area contributed by atoms with Crippen LogP contribution in [0.15, 0.2) is 53.4 Å². The van der Waals surface area contributed by atoms with E-state index in [0.29, 0.717) is 30.4 Å². The number of nitrogens with one attached hydrogen (secondary N) is 1. The number of unbranched alkanes of at least 4 members (excludes halogenated alkanes) is 11. The van der Waals surface area contributed by atoms with Crippen molar-refractivity contribution in [1.82, 2.24) is 0 Å². The second-order valence-electron chi connectivity index (χ2n) is 10.6. The minimum atomic E-state index is -0.223. The molecule has 224 valence electrons. The molecule has 1 heterocycles. The molecule has 0 spiro atoms. The van der Waals surface area contributed by atoms with Crippen LogP contribution < -0.4 is 24.1 Å². The van der Waals surface area contributed by atoms with E-state index in [1.165, 1.54) is 69.9 Å². The monoisotopic (exact) mass is 581 g/mol. The zero-order valence-electron chi connectivity index (χ0n) is 25.3. The van der Waals surface area contributed by atoms with Crippen LogP contribution in [0.2, 0.25) is 0 Å². The summed E-state index contributed by atoms with van der Waals surface area (Å²) < 4.78 is 19.7. The van der Waals surface area contributed by atoms with Gasteiger partial charge in [0.15, 0.2) is 30.3 Å². The normalized spacial score (nSPS) is 10.9. The summed E-state index contributed by atoms with van der Waals surface area (Å²) >= 11 is 1.66. The zero-order valence-corrected chi connectivity index (χ0v) is 26.1. The van der Waals surface area contributed by atoms with E-state index in [4.69, 9.17) is 14.2 Å². The largest absolute Gasteiger partial charge is 0.493 e. The van der Waals surface area contributed by atoms with Gasteiger partial charge in [-0.15, -0.1) is 0 Å². The number of para-hydroxylation sites is 2. The molecule has 2 aromatic carbocycles. The van der Waals surface area contributed by atoms with Gasteiger partial charge in [-0.05, 0) is 24.6 Å². The van der Waals surface area contributed by atoms with Crippen LogP contribution in [0.5, 0.6) is 17.2 Å². The Labute approximate surface area is 251 Å². The number of carbonyl (C=O) groups is 1. The summed E-state index contributed by atoms with van der Waals surface area (Å²) in [5, 5.41) is 5.12. The second-order valence-corrected chi connectivity index (χ2v) is 11.4. The molecule has 0 saturated carbocycles. The van der Waals surface area contributed by atoms with Crippen LogP contribution in [-0.2, 0) is 11.3 Å². The SMILES string of the molecule is CCCCCCCCCCCCCCOc1c(OC)cccc1OCC(=O)Nc1ccccc1C[n+]1cscc1C. The lowest BCUT2D eigenvalue weighted by atomic mass is 10.1. The molecule has 1 aromatic heterocycles. The van der Waals surface area contributed by atoms with E-state index in [1.807, 2.05) is 42.5 Å². The third kappa shape index (κ3) is 11.8. The van der Waals surface area contributed by atoms with Crippen LogP contribution >= 0.6 is 11.3 Å². The van der Waals surface area contributed by atoms with Gasteiger partial charge in [0.1, 0.15) is 0 Å². The fourth-order valence-electron chi connectivity index (χ4n) is 4.84. The Morgan fingerprint density at radius 2 is 1.49 bits per heavy atom. The van der Waals surface area contributed by atoms with Crippen molar-refractivity contribution >= 4 is 22.9 Å². The molecule has 0 aliphatic carbocycles. The molecule has 0 unspecified atom stereocenters. The van der Waals surface area contributed by atoms with Gasteiger partial charge in [-0.3, -0.25) is 4.79 Å². The molecule has 0 aliphatic heterocycles. The Bertz CT molecular complexity index is 1160. The van der Waals surface area contributed by atoms with E-state index in [2.05, 4.69) is 34.6 Å². The van der Waals surface area contributed by atoms with Crippen molar-refractivity contribution < 1.29 is 23.6 Å². The van der Waals surface area contributed by atoms with Crippen molar-refractivity contribution in [2.24, 2.45) is 0 Å². The highest BCUT2D eigenvalue weighted by Crippen LogP contribution is 2.37. The summed E-state index contributed by atoms with van der Waals surface area (Å²) in [5.74, 6) is 1.45. The minimum absolute atomic E-state index is 0.124. The van der Waals surface area contributed by atoms with Crippen molar-refractivity contribution in [3.8, 4) is 17.2 Å². The van der Waals surface area contributed by atoms with Crippen LogP contribution in [0, 0.1) is 6.92 Å². The standard InChI is InChI=1S/C34H48N2O4S/c1-4-5-6-7-8-9-10-11-12-13-14-17-23-39-34-31(38-3)21-18-22-32(34)40-25-33(37)35-30-20-16-15-19-29(30)24-36-27-41-26-28(36)2/h15-16,18-22,26-27H,4-14,17,23-25H2,1-3H3/p+1. The van der Waals surface area contributed by atoms with Crippen LogP contribution in [0.1, 0.15) is 95.2 Å². The first-order valence-electron chi connectivity index (χ1n) is 15.3. The minimum Gasteiger partial charge on any atom is -0.493 e. The number of hydrogen-bond acceptors (Lipinski definition) is 5. The van der Waals surface area contributed by atoms with E-state index < -0.39 is 0 Å². The van der Waals surface area contributed by atoms with Crippen molar-refractivity contribution in [3.63, 3.8) is 0 Å². The van der Waals surface area contributed by atoms with E-state index in [1.54, 1.807) is 18.4 Å². The molecular formula is C34H49N2O4S+. The van der Waals surface area contributed by atoms with Crippen LogP contribution in [0.4, 0.5) is 5.69 Å². The Kier molecular flexibility index (Phi) is 15.1. The van der Waals surface area contributed by atoms with Crippen LogP contribution in [-0.4, -0.2) is 26.2 Å². The van der Waals surface area contributed by atoms with Gasteiger partial charge in [0.2, 0.25) is 11.3 Å². The Morgan fingerprint density at radius 1 is 0.829 bits per heavy atom. The van der Waals surface area contributed by atoms with Crippen LogP contribution in [0.25, 0.3) is 0 Å². The fraction of sp³-hybridized carbons (Fsp3) is 0.529. The van der Waals surface area contributed by atoms with Gasteiger partial charge in [-0.2, -0.15) is 4.57 Å². The molecule has 0 aliphatic rings.